The van der Waals surface area contributed by atoms with Crippen LogP contribution in [0.2, 0.25) is 0 Å². The molecule has 2 aliphatic heterocycles. The van der Waals surface area contributed by atoms with Gasteiger partial charge >= 0.3 is 5.97 Å². The Kier molecular flexibility index (Phi) is 19.3. The van der Waals surface area contributed by atoms with Crippen LogP contribution in [-0.2, 0) is 53.0 Å². The smallest absolute Gasteiger partial charge is 0.332 e. The number of hydrogen-bond acceptors (Lipinski definition) is 16. The van der Waals surface area contributed by atoms with Gasteiger partial charge in [-0.3, -0.25) is 18.9 Å². The molecule has 2 saturated carbocycles. The average molecular weight is 881 g/mol. The fourth-order valence-electron chi connectivity index (χ4n) is 8.64. The minimum atomic E-state index is -4.29. The fraction of sp³-hybridized carbons (Fsp3) is 0.846. The number of ether oxygens (including phenoxy) is 5. The molecule has 4 aliphatic rings. The number of carbonyl (C=O) groups is 4. The minimum Gasteiger partial charge on any atom is -0.479 e. The minimum absolute atomic E-state index is 0.0150. The van der Waals surface area contributed by atoms with E-state index in [2.05, 4.69) is 10.6 Å². The molecule has 2 heterocycles. The van der Waals surface area contributed by atoms with E-state index in [0.717, 1.165) is 44.3 Å². The molecule has 4 fully saturated rings. The second kappa shape index (κ2) is 23.1. The van der Waals surface area contributed by atoms with E-state index in [4.69, 9.17) is 28.2 Å². The number of carboxylic acids is 1. The lowest BCUT2D eigenvalue weighted by Crippen LogP contribution is -2.67. The largest absolute Gasteiger partial charge is 0.479 e. The van der Waals surface area contributed by atoms with E-state index in [1.807, 2.05) is 6.92 Å². The maximum atomic E-state index is 13.8. The van der Waals surface area contributed by atoms with Gasteiger partial charge in [-0.2, -0.15) is 8.42 Å². The number of Topliss-reactive ketones (excluding diaryl/α,β-unsaturated/α-hetero) is 1. The molecule has 344 valence electrons. The van der Waals surface area contributed by atoms with E-state index in [1.165, 1.54) is 13.8 Å². The molecule has 0 aromatic rings. The topological polar surface area (TPSA) is 314 Å². The predicted molar refractivity (Wildman–Crippen MR) is 208 cm³/mol. The Bertz CT molecular complexity index is 1560. The van der Waals surface area contributed by atoms with Crippen LogP contribution >= 0.6 is 0 Å². The van der Waals surface area contributed by atoms with Gasteiger partial charge in [0.15, 0.2) is 18.7 Å². The zero-order chi connectivity index (χ0) is 44.3. The number of aliphatic hydroxyl groups is 5. The lowest BCUT2D eigenvalue weighted by Gasteiger charge is -2.49. The number of nitrogens with one attached hydrogen (secondary N) is 2. The number of rotatable bonds is 20. The Morgan fingerprint density at radius 2 is 1.62 bits per heavy atom. The Hall–Kier alpha value is -2.67. The highest BCUT2D eigenvalue weighted by molar-refractivity contribution is 7.85. The van der Waals surface area contributed by atoms with Crippen molar-refractivity contribution in [3.8, 4) is 0 Å². The van der Waals surface area contributed by atoms with Gasteiger partial charge in [-0.1, -0.05) is 51.5 Å². The molecular formula is C39H64N2O18S. The molecule has 2 aliphatic carbocycles. The van der Waals surface area contributed by atoms with Crippen LogP contribution < -0.4 is 10.6 Å². The van der Waals surface area contributed by atoms with Crippen molar-refractivity contribution in [1.82, 2.24) is 10.6 Å². The lowest BCUT2D eigenvalue weighted by atomic mass is 9.74. The number of carboxylic acid groups (broad SMARTS) is 1. The van der Waals surface area contributed by atoms with E-state index in [-0.39, 0.29) is 50.4 Å². The molecule has 21 heteroatoms. The number of aliphatic hydroxyl groups excluding tert-OH is 5. The van der Waals surface area contributed by atoms with E-state index in [0.29, 0.717) is 6.42 Å². The van der Waals surface area contributed by atoms with Crippen molar-refractivity contribution < 1.29 is 86.5 Å². The molecular weight excluding hydrogens is 816 g/mol. The van der Waals surface area contributed by atoms with E-state index in [1.54, 1.807) is 0 Å². The van der Waals surface area contributed by atoms with Gasteiger partial charge in [0.25, 0.3) is 10.1 Å². The quantitative estimate of drug-likeness (QED) is 0.0416. The number of hydrogen-bond donors (Lipinski definition) is 9. The summed E-state index contributed by atoms with van der Waals surface area (Å²) in [4.78, 5) is 51.1. The van der Waals surface area contributed by atoms with Crippen molar-refractivity contribution in [3.05, 3.63) is 12.2 Å². The third kappa shape index (κ3) is 14.2. The van der Waals surface area contributed by atoms with Crippen molar-refractivity contribution >= 4 is 33.7 Å². The highest BCUT2D eigenvalue weighted by atomic mass is 32.2. The third-order valence-electron chi connectivity index (χ3n) is 11.9. The molecule has 0 bridgehead atoms. The Balaban J connectivity index is 1.60. The van der Waals surface area contributed by atoms with Crippen LogP contribution in [0.1, 0.15) is 91.4 Å². The summed E-state index contributed by atoms with van der Waals surface area (Å²) in [5.41, 5.74) is 0. The SMILES string of the molecule is CCC1CC(C(=O)CCCNC(=O)/C=C/CS(=O)(=O)O)C[C@@H](O[C@@H]2O[C@@H](CO)[C@H](O)C(O[C@@H](CC3CCCCC3)C(=O)O)C2NC(C)=O)[C@@H]1O[C@@H]1OC(C)[C@@H](O)[C@H](O)C1O. The van der Waals surface area contributed by atoms with Gasteiger partial charge in [0, 0.05) is 25.8 Å². The Morgan fingerprint density at radius 3 is 2.23 bits per heavy atom. The molecule has 0 spiro atoms. The summed E-state index contributed by atoms with van der Waals surface area (Å²) in [6.45, 7) is 3.85. The lowest BCUT2D eigenvalue weighted by molar-refractivity contribution is -0.338. The van der Waals surface area contributed by atoms with Crippen LogP contribution in [0.4, 0.5) is 0 Å². The molecule has 6 unspecified atom stereocenters. The highest BCUT2D eigenvalue weighted by Crippen LogP contribution is 2.40. The van der Waals surface area contributed by atoms with Gasteiger partial charge in [-0.15, -0.1) is 0 Å². The fourth-order valence-corrected chi connectivity index (χ4v) is 8.98. The first-order chi connectivity index (χ1) is 28.3. The summed E-state index contributed by atoms with van der Waals surface area (Å²) < 4.78 is 61.6. The van der Waals surface area contributed by atoms with Crippen LogP contribution in [0.25, 0.3) is 0 Å². The number of carbonyl (C=O) groups excluding carboxylic acids is 3. The van der Waals surface area contributed by atoms with Crippen LogP contribution in [0.5, 0.6) is 0 Å². The maximum Gasteiger partial charge on any atom is 0.332 e. The van der Waals surface area contributed by atoms with Gasteiger partial charge in [-0.25, -0.2) is 4.79 Å². The zero-order valence-corrected chi connectivity index (χ0v) is 35.1. The first-order valence-electron chi connectivity index (χ1n) is 20.9. The third-order valence-corrected chi connectivity index (χ3v) is 12.5. The summed E-state index contributed by atoms with van der Waals surface area (Å²) in [5.74, 6) is -4.49. The molecule has 2 amide bonds. The molecule has 0 aromatic heterocycles. The van der Waals surface area contributed by atoms with E-state index < -0.39 is 132 Å². The molecule has 9 N–H and O–H groups in total. The van der Waals surface area contributed by atoms with Gasteiger partial charge in [-0.05, 0) is 50.5 Å². The van der Waals surface area contributed by atoms with E-state index >= 15 is 0 Å². The Labute approximate surface area is 350 Å². The molecule has 20 nitrogen and oxygen atoms in total. The molecule has 15 atom stereocenters. The molecule has 4 rings (SSSR count). The van der Waals surface area contributed by atoms with Crippen molar-refractivity contribution in [3.63, 3.8) is 0 Å². The normalized spacial score (nSPS) is 36.1. The second-order valence-electron chi connectivity index (χ2n) is 16.4. The first kappa shape index (κ1) is 50.0. The maximum absolute atomic E-state index is 13.8. The van der Waals surface area contributed by atoms with Crippen molar-refractivity contribution in [2.75, 3.05) is 18.9 Å². The van der Waals surface area contributed by atoms with E-state index in [9.17, 15) is 58.2 Å². The van der Waals surface area contributed by atoms with Crippen LogP contribution in [0.15, 0.2) is 12.2 Å². The number of amides is 2. The molecule has 0 aromatic carbocycles. The molecule has 60 heavy (non-hydrogen) atoms. The number of aliphatic carboxylic acids is 1. The summed E-state index contributed by atoms with van der Waals surface area (Å²) >= 11 is 0. The summed E-state index contributed by atoms with van der Waals surface area (Å²) in [6.07, 6.45) is -8.98. The molecule has 2 saturated heterocycles. The Morgan fingerprint density at radius 1 is 0.917 bits per heavy atom. The average Bonchev–Trinajstić information content (AvgIpc) is 3.19. The van der Waals surface area contributed by atoms with Crippen molar-refractivity contribution in [2.45, 2.75) is 171 Å². The summed E-state index contributed by atoms with van der Waals surface area (Å²) in [5, 5.41) is 69.0. The molecule has 0 radical (unpaired) electrons. The standard InChI is InChI=1S/C39H64N2O18S/c1-4-23-17-24(25(44)12-8-14-40-29(45)13-9-15-60(52,53)54)18-26(35(23)59-39-34(49)33(48)31(46)20(2)55-39)57-38-30(41-21(3)43)36(32(47)28(19-42)58-38)56-27(37(50)51)16-22-10-6-5-7-11-22/h9,13,20,22-24,26-28,30-36,38-39,42,46-49H,4-8,10-12,14-19H2,1-3H3,(H,40,45)(H,41,43)(H,50,51)(H,52,53,54)/b13-9+/t20?,23?,24?,26-,27+,28+,30?,31-,32+,33+,34?,35-,36?,38-,39+/m1/s1. The van der Waals surface area contributed by atoms with Gasteiger partial charge < -0.3 is 65.0 Å². The number of ketones is 1. The van der Waals surface area contributed by atoms with Crippen LogP contribution in [0, 0.1) is 17.8 Å². The van der Waals surface area contributed by atoms with Crippen molar-refractivity contribution in [1.29, 1.82) is 0 Å². The zero-order valence-electron chi connectivity index (χ0n) is 34.3. The van der Waals surface area contributed by atoms with Gasteiger partial charge in [0.2, 0.25) is 11.8 Å². The van der Waals surface area contributed by atoms with Crippen LogP contribution in [-0.4, -0.2) is 166 Å². The summed E-state index contributed by atoms with van der Waals surface area (Å²) in [6, 6.07) is -1.34. The van der Waals surface area contributed by atoms with Crippen LogP contribution in [0.3, 0.4) is 0 Å². The van der Waals surface area contributed by atoms with Crippen molar-refractivity contribution in [2.24, 2.45) is 17.8 Å². The summed E-state index contributed by atoms with van der Waals surface area (Å²) in [7, 11) is -4.29. The monoisotopic (exact) mass is 880 g/mol. The van der Waals surface area contributed by atoms with Gasteiger partial charge in [0.1, 0.15) is 48.4 Å². The second-order valence-corrected chi connectivity index (χ2v) is 17.9. The van der Waals surface area contributed by atoms with Gasteiger partial charge in [0.05, 0.1) is 30.7 Å². The predicted octanol–water partition coefficient (Wildman–Crippen LogP) is -0.678. The first-order valence-corrected chi connectivity index (χ1v) is 22.5. The highest BCUT2D eigenvalue weighted by Gasteiger charge is 2.52.